The number of nitrogens with zero attached hydrogens (tertiary/aromatic N) is 1. The van der Waals surface area contributed by atoms with Gasteiger partial charge in [-0.15, -0.1) is 0 Å². The summed E-state index contributed by atoms with van der Waals surface area (Å²) < 4.78 is 5.38. The average molecular weight is 377 g/mol. The molecule has 7 heteroatoms. The van der Waals surface area contributed by atoms with Gasteiger partial charge in [0.2, 0.25) is 0 Å². The summed E-state index contributed by atoms with van der Waals surface area (Å²) in [4.78, 5) is 14.5. The van der Waals surface area contributed by atoms with Gasteiger partial charge in [0.25, 0.3) is 0 Å². The van der Waals surface area contributed by atoms with E-state index in [-0.39, 0.29) is 31.3 Å². The van der Waals surface area contributed by atoms with Gasteiger partial charge in [0.15, 0.2) is 0 Å². The lowest BCUT2D eigenvalue weighted by Gasteiger charge is -2.46. The third-order valence-electron chi connectivity index (χ3n) is 5.41. The highest BCUT2D eigenvalue weighted by atomic mass is 16.6. The number of benzene rings is 1. The van der Waals surface area contributed by atoms with Crippen LogP contribution < -0.4 is 11.1 Å². The smallest absolute Gasteiger partial charge is 0.407 e. The number of hydrogen-bond acceptors (Lipinski definition) is 6. The molecule has 0 radical (unpaired) electrons. The van der Waals surface area contributed by atoms with Crippen LogP contribution in [0.2, 0.25) is 0 Å². The molecule has 1 aromatic rings. The molecule has 0 unspecified atom stereocenters. The Morgan fingerprint density at radius 2 is 1.96 bits per heavy atom. The van der Waals surface area contributed by atoms with E-state index in [2.05, 4.69) is 10.2 Å². The van der Waals surface area contributed by atoms with Crippen LogP contribution in [0.3, 0.4) is 0 Å². The predicted octanol–water partition coefficient (Wildman–Crippen LogP) is 1.19. The molecule has 2 aliphatic rings. The fourth-order valence-electron chi connectivity index (χ4n) is 4.13. The molecule has 3 atom stereocenters. The zero-order valence-corrected chi connectivity index (χ0v) is 16.4. The summed E-state index contributed by atoms with van der Waals surface area (Å²) in [6.45, 7) is 6.92. The highest BCUT2D eigenvalue weighted by Crippen LogP contribution is 2.38. The number of alkyl carbamates (subject to hydrolysis) is 1. The molecule has 150 valence electrons. The number of hydrogen-bond donors (Lipinski definition) is 4. The lowest BCUT2D eigenvalue weighted by Crippen LogP contribution is -2.60. The maximum Gasteiger partial charge on any atom is 0.407 e. The first-order valence-electron chi connectivity index (χ1n) is 9.57. The second kappa shape index (κ2) is 7.75. The molecule has 1 saturated heterocycles. The molecule has 27 heavy (non-hydrogen) atoms. The van der Waals surface area contributed by atoms with Crippen LogP contribution in [0.1, 0.15) is 55.5 Å². The van der Waals surface area contributed by atoms with Crippen LogP contribution >= 0.6 is 0 Å². The van der Waals surface area contributed by atoms with Gasteiger partial charge >= 0.3 is 6.09 Å². The maximum absolute atomic E-state index is 12.2. The number of amides is 1. The van der Waals surface area contributed by atoms with E-state index in [0.717, 1.165) is 29.7 Å². The molecule has 2 aliphatic heterocycles. The molecule has 0 aliphatic carbocycles. The van der Waals surface area contributed by atoms with Crippen molar-refractivity contribution >= 4 is 6.09 Å². The van der Waals surface area contributed by atoms with Gasteiger partial charge in [-0.2, -0.15) is 0 Å². The first-order chi connectivity index (χ1) is 12.7. The van der Waals surface area contributed by atoms with Crippen LogP contribution in [0.4, 0.5) is 4.79 Å². The monoisotopic (exact) mass is 377 g/mol. The Hall–Kier alpha value is -1.67. The van der Waals surface area contributed by atoms with Crippen LogP contribution in [0.5, 0.6) is 0 Å². The lowest BCUT2D eigenvalue weighted by atomic mass is 9.82. The minimum absolute atomic E-state index is 0.0781. The topological polar surface area (TPSA) is 108 Å². The van der Waals surface area contributed by atoms with Crippen LogP contribution in [0, 0.1) is 0 Å². The van der Waals surface area contributed by atoms with E-state index in [0.29, 0.717) is 13.0 Å². The van der Waals surface area contributed by atoms with Gasteiger partial charge in [0.05, 0.1) is 19.3 Å². The van der Waals surface area contributed by atoms with Gasteiger partial charge in [0.1, 0.15) is 5.60 Å². The Kier molecular flexibility index (Phi) is 5.76. The quantitative estimate of drug-likeness (QED) is 0.630. The summed E-state index contributed by atoms with van der Waals surface area (Å²) >= 11 is 0. The molecule has 1 fully saturated rings. The van der Waals surface area contributed by atoms with E-state index in [1.165, 1.54) is 5.56 Å². The van der Waals surface area contributed by atoms with Crippen LogP contribution in [-0.4, -0.2) is 52.0 Å². The van der Waals surface area contributed by atoms with E-state index in [4.69, 9.17) is 10.5 Å². The van der Waals surface area contributed by atoms with Crippen LogP contribution in [-0.2, 0) is 24.4 Å². The largest absolute Gasteiger partial charge is 0.444 e. The van der Waals surface area contributed by atoms with E-state index in [1.807, 2.05) is 32.9 Å². The normalized spacial score (nSPS) is 25.5. The van der Waals surface area contributed by atoms with Crippen molar-refractivity contribution in [3.8, 4) is 0 Å². The molecule has 1 aromatic carbocycles. The fourth-order valence-corrected chi connectivity index (χ4v) is 4.13. The van der Waals surface area contributed by atoms with Crippen molar-refractivity contribution in [2.75, 3.05) is 13.1 Å². The van der Waals surface area contributed by atoms with Crippen molar-refractivity contribution in [1.29, 1.82) is 0 Å². The molecular weight excluding hydrogens is 346 g/mol. The zero-order chi connectivity index (χ0) is 19.8. The molecule has 7 nitrogen and oxygen atoms in total. The van der Waals surface area contributed by atoms with Crippen molar-refractivity contribution in [2.24, 2.45) is 5.73 Å². The summed E-state index contributed by atoms with van der Waals surface area (Å²) in [7, 11) is 0. The third-order valence-corrected chi connectivity index (χ3v) is 5.41. The van der Waals surface area contributed by atoms with E-state index >= 15 is 0 Å². The van der Waals surface area contributed by atoms with Crippen LogP contribution in [0.25, 0.3) is 0 Å². The van der Waals surface area contributed by atoms with Crippen molar-refractivity contribution in [3.05, 3.63) is 34.4 Å². The van der Waals surface area contributed by atoms with Crippen LogP contribution in [0.15, 0.2) is 12.1 Å². The predicted molar refractivity (Wildman–Crippen MR) is 102 cm³/mol. The first-order valence-corrected chi connectivity index (χ1v) is 9.57. The Labute approximate surface area is 160 Å². The minimum atomic E-state index is -0.553. The number of aliphatic hydroxyl groups is 2. The Morgan fingerprint density at radius 3 is 2.59 bits per heavy atom. The molecule has 2 heterocycles. The number of nitrogens with two attached hydrogens (primary N) is 1. The van der Waals surface area contributed by atoms with Gasteiger partial charge in [-0.3, -0.25) is 4.90 Å². The zero-order valence-electron chi connectivity index (χ0n) is 16.4. The Morgan fingerprint density at radius 1 is 1.30 bits per heavy atom. The number of rotatable bonds is 3. The summed E-state index contributed by atoms with van der Waals surface area (Å²) in [5.41, 5.74) is 9.67. The first kappa shape index (κ1) is 20.1. The Bertz CT molecular complexity index is 701. The molecule has 0 bridgehead atoms. The number of nitrogens with one attached hydrogen (secondary N) is 1. The van der Waals surface area contributed by atoms with E-state index in [9.17, 15) is 15.0 Å². The van der Waals surface area contributed by atoms with Gasteiger partial charge in [-0.1, -0.05) is 12.1 Å². The summed E-state index contributed by atoms with van der Waals surface area (Å²) in [5, 5.41) is 22.1. The van der Waals surface area contributed by atoms with Crippen molar-refractivity contribution < 1.29 is 19.7 Å². The van der Waals surface area contributed by atoms with E-state index in [1.54, 1.807) is 0 Å². The number of carbonyl (C=O) groups excluding carboxylic acids is 1. The summed E-state index contributed by atoms with van der Waals surface area (Å²) in [5.74, 6) is 0. The van der Waals surface area contributed by atoms with Gasteiger partial charge in [0, 0.05) is 25.2 Å². The number of aliphatic hydroxyl groups excluding tert-OH is 2. The van der Waals surface area contributed by atoms with Gasteiger partial charge in [-0.25, -0.2) is 4.79 Å². The standard InChI is InChI=1S/C20H31N3O4/c1-20(2,3)27-19(26)22-17-8-18-15-7-14(11-25)13(10-24)6-12(15)4-5-23(18)9-16(17)21/h6-7,16-18,24-25H,4-5,8-11,21H2,1-3H3,(H,22,26)/t16-,17-,18-/m0/s1. The maximum atomic E-state index is 12.2. The van der Waals surface area contributed by atoms with Crippen molar-refractivity contribution in [2.45, 2.75) is 70.6 Å². The lowest BCUT2D eigenvalue weighted by molar-refractivity contribution is 0.0417. The molecule has 0 aromatic heterocycles. The second-order valence-electron chi connectivity index (χ2n) is 8.55. The molecule has 5 N–H and O–H groups in total. The number of piperidine rings is 1. The SMILES string of the molecule is CC(C)(C)OC(=O)N[C@H]1C[C@H]2c3cc(CO)c(CO)cc3CCN2C[C@@H]1N. The number of ether oxygens (including phenoxy) is 1. The van der Waals surface area contributed by atoms with Crippen molar-refractivity contribution in [1.82, 2.24) is 10.2 Å². The summed E-state index contributed by atoms with van der Waals surface area (Å²) in [6, 6.07) is 3.79. The molecule has 0 saturated carbocycles. The van der Waals surface area contributed by atoms with Gasteiger partial charge in [-0.05, 0) is 55.9 Å². The average Bonchev–Trinajstić information content (AvgIpc) is 2.59. The van der Waals surface area contributed by atoms with Gasteiger partial charge < -0.3 is 26.0 Å². The molecule has 3 rings (SSSR count). The van der Waals surface area contributed by atoms with E-state index < -0.39 is 11.7 Å². The highest BCUT2D eigenvalue weighted by Gasteiger charge is 2.38. The second-order valence-corrected chi connectivity index (χ2v) is 8.55. The highest BCUT2D eigenvalue weighted by molar-refractivity contribution is 5.68. The Balaban J connectivity index is 1.81. The minimum Gasteiger partial charge on any atom is -0.444 e. The van der Waals surface area contributed by atoms with Crippen molar-refractivity contribution in [3.63, 3.8) is 0 Å². The molecular formula is C20H31N3O4. The number of carbonyl (C=O) groups is 1. The third kappa shape index (κ3) is 4.43. The number of fused-ring (bicyclic) bond motifs is 3. The molecule has 0 spiro atoms. The molecule has 1 amide bonds. The fraction of sp³-hybridized carbons (Fsp3) is 0.650. The summed E-state index contributed by atoms with van der Waals surface area (Å²) in [6.07, 6.45) is 1.14.